The van der Waals surface area contributed by atoms with E-state index in [9.17, 15) is 21.6 Å². The largest absolute Gasteiger partial charge is 0.534 e. The number of alkyl halides is 3. The Morgan fingerprint density at radius 1 is 1.50 bits per heavy atom. The Labute approximate surface area is 146 Å². The second kappa shape index (κ2) is 6.68. The fourth-order valence-electron chi connectivity index (χ4n) is 2.09. The predicted molar refractivity (Wildman–Crippen MR) is 86.7 cm³/mol. The van der Waals surface area contributed by atoms with Gasteiger partial charge in [0.25, 0.3) is 0 Å². The van der Waals surface area contributed by atoms with Crippen LogP contribution in [0.3, 0.4) is 0 Å². The summed E-state index contributed by atoms with van der Waals surface area (Å²) in [6.07, 6.45) is 3.58. The summed E-state index contributed by atoms with van der Waals surface area (Å²) in [6.45, 7) is 1.60. The molecule has 138 valence electrons. The van der Waals surface area contributed by atoms with Crippen LogP contribution in [-0.2, 0) is 10.1 Å². The highest BCUT2D eigenvalue weighted by Crippen LogP contribution is 2.33. The van der Waals surface area contributed by atoms with E-state index in [1.165, 1.54) is 13.2 Å². The van der Waals surface area contributed by atoms with Crippen LogP contribution in [0.1, 0.15) is 18.1 Å². The molecule has 2 rings (SSSR count). The van der Waals surface area contributed by atoms with Gasteiger partial charge >= 0.3 is 15.6 Å². The molecule has 0 aliphatic rings. The first kappa shape index (κ1) is 19.3. The smallest absolute Gasteiger partial charge is 0.404 e. The van der Waals surface area contributed by atoms with E-state index in [0.717, 1.165) is 23.0 Å². The molecule has 0 unspecified atom stereocenters. The SMILES string of the molecule is CN=C(C)C(=CN)c1cc(OS(=O)(=O)C(F)(F)F)c2c(C#N)cnn2c1. The lowest BCUT2D eigenvalue weighted by Gasteiger charge is -2.13. The molecule has 0 radical (unpaired) electrons. The standard InChI is InChI=1S/C14H12F3N5O3S/c1-8(20-2)11(5-19)9-3-12(25-26(23,24)14(15,16)17)13-10(4-18)6-21-22(13)7-9/h3,5-7H,19H2,1-2H3. The summed E-state index contributed by atoms with van der Waals surface area (Å²) in [5, 5.41) is 12.9. The molecule has 0 aliphatic carbocycles. The Balaban J connectivity index is 2.78. The molecule has 0 spiro atoms. The van der Waals surface area contributed by atoms with E-state index >= 15 is 0 Å². The van der Waals surface area contributed by atoms with Gasteiger partial charge in [-0.15, -0.1) is 0 Å². The van der Waals surface area contributed by atoms with Crippen LogP contribution < -0.4 is 9.92 Å². The summed E-state index contributed by atoms with van der Waals surface area (Å²) in [6, 6.07) is 2.73. The summed E-state index contributed by atoms with van der Waals surface area (Å²) < 4.78 is 66.1. The molecule has 2 aromatic heterocycles. The van der Waals surface area contributed by atoms with Crippen molar-refractivity contribution in [1.82, 2.24) is 9.61 Å². The number of aromatic nitrogens is 2. The third-order valence-corrected chi connectivity index (χ3v) is 4.35. The number of rotatable bonds is 4. The number of nitrogens with zero attached hydrogens (tertiary/aromatic N) is 4. The van der Waals surface area contributed by atoms with Crippen molar-refractivity contribution in [1.29, 1.82) is 5.26 Å². The van der Waals surface area contributed by atoms with Crippen molar-refractivity contribution in [3.05, 3.63) is 35.8 Å². The Kier molecular flexibility index (Phi) is 4.95. The third kappa shape index (κ3) is 3.33. The lowest BCUT2D eigenvalue weighted by molar-refractivity contribution is -0.0499. The summed E-state index contributed by atoms with van der Waals surface area (Å²) >= 11 is 0. The average molecular weight is 387 g/mol. The molecular formula is C14H12F3N5O3S. The Morgan fingerprint density at radius 2 is 2.15 bits per heavy atom. The lowest BCUT2D eigenvalue weighted by atomic mass is 10.0. The van der Waals surface area contributed by atoms with Gasteiger partial charge in [-0.25, -0.2) is 4.52 Å². The molecule has 0 bridgehead atoms. The molecule has 2 heterocycles. The quantitative estimate of drug-likeness (QED) is 0.485. The molecule has 0 fully saturated rings. The van der Waals surface area contributed by atoms with E-state index in [4.69, 9.17) is 11.0 Å². The van der Waals surface area contributed by atoms with Gasteiger partial charge in [0, 0.05) is 36.3 Å². The number of aliphatic imine (C=N–C) groups is 1. The van der Waals surface area contributed by atoms with E-state index in [1.54, 1.807) is 13.0 Å². The number of allylic oxidation sites excluding steroid dienone is 1. The maximum absolute atomic E-state index is 12.7. The van der Waals surface area contributed by atoms with Crippen LogP contribution in [0.25, 0.3) is 11.1 Å². The molecule has 0 saturated carbocycles. The molecule has 0 aliphatic heterocycles. The highest BCUT2D eigenvalue weighted by atomic mass is 32.2. The van der Waals surface area contributed by atoms with Gasteiger partial charge in [0.15, 0.2) is 5.75 Å². The van der Waals surface area contributed by atoms with Gasteiger partial charge < -0.3 is 9.92 Å². The molecule has 12 heteroatoms. The Bertz CT molecular complexity index is 1060. The minimum absolute atomic E-state index is 0.164. The van der Waals surface area contributed by atoms with E-state index in [-0.39, 0.29) is 16.6 Å². The predicted octanol–water partition coefficient (Wildman–Crippen LogP) is 1.82. The number of nitrogens with two attached hydrogens (primary N) is 1. The van der Waals surface area contributed by atoms with Crippen LogP contribution in [0.2, 0.25) is 0 Å². The molecule has 8 nitrogen and oxygen atoms in total. The maximum atomic E-state index is 12.7. The number of hydrogen-bond acceptors (Lipinski definition) is 7. The highest BCUT2D eigenvalue weighted by molar-refractivity contribution is 7.88. The summed E-state index contributed by atoms with van der Waals surface area (Å²) in [4.78, 5) is 3.93. The first-order chi connectivity index (χ1) is 12.1. The van der Waals surface area contributed by atoms with Crippen molar-refractivity contribution < 1.29 is 25.8 Å². The van der Waals surface area contributed by atoms with Gasteiger partial charge in [0.05, 0.1) is 6.20 Å². The molecule has 0 amide bonds. The maximum Gasteiger partial charge on any atom is 0.534 e. The van der Waals surface area contributed by atoms with Crippen molar-refractivity contribution in [2.75, 3.05) is 7.05 Å². The molecule has 26 heavy (non-hydrogen) atoms. The van der Waals surface area contributed by atoms with Crippen molar-refractivity contribution >= 4 is 26.9 Å². The molecule has 0 aromatic carbocycles. The van der Waals surface area contributed by atoms with Gasteiger partial charge in [-0.05, 0) is 13.0 Å². The minimum atomic E-state index is -5.95. The number of hydrogen-bond donors (Lipinski definition) is 1. The van der Waals surface area contributed by atoms with Crippen LogP contribution in [0, 0.1) is 11.3 Å². The van der Waals surface area contributed by atoms with Crippen molar-refractivity contribution in [3.63, 3.8) is 0 Å². The minimum Gasteiger partial charge on any atom is -0.404 e. The van der Waals surface area contributed by atoms with E-state index in [2.05, 4.69) is 14.3 Å². The van der Waals surface area contributed by atoms with E-state index < -0.39 is 21.4 Å². The Hall–Kier alpha value is -3.07. The second-order valence-corrected chi connectivity index (χ2v) is 6.47. The fourth-order valence-corrected chi connectivity index (χ4v) is 2.55. The number of fused-ring (bicyclic) bond motifs is 1. The number of nitriles is 1. The van der Waals surface area contributed by atoms with Crippen LogP contribution in [-0.4, -0.2) is 36.3 Å². The fraction of sp³-hybridized carbons (Fsp3) is 0.214. The van der Waals surface area contributed by atoms with Gasteiger partial charge in [0.2, 0.25) is 0 Å². The van der Waals surface area contributed by atoms with Crippen molar-refractivity contribution in [2.24, 2.45) is 10.7 Å². The topological polar surface area (TPSA) is 123 Å². The second-order valence-electron chi connectivity index (χ2n) is 4.93. The van der Waals surface area contributed by atoms with Crippen molar-refractivity contribution in [2.45, 2.75) is 12.4 Å². The zero-order chi connectivity index (χ0) is 19.7. The van der Waals surface area contributed by atoms with E-state index in [1.807, 2.05) is 0 Å². The molecule has 0 atom stereocenters. The van der Waals surface area contributed by atoms with Gasteiger partial charge in [-0.1, -0.05) is 0 Å². The van der Waals surface area contributed by atoms with Crippen molar-refractivity contribution in [3.8, 4) is 11.8 Å². The lowest BCUT2D eigenvalue weighted by Crippen LogP contribution is -2.28. The van der Waals surface area contributed by atoms with Gasteiger partial charge in [-0.3, -0.25) is 4.99 Å². The zero-order valence-electron chi connectivity index (χ0n) is 13.4. The normalized spacial score (nSPS) is 13.7. The summed E-state index contributed by atoms with van der Waals surface area (Å²) in [7, 11) is -4.47. The summed E-state index contributed by atoms with van der Waals surface area (Å²) in [5.74, 6) is -0.711. The Morgan fingerprint density at radius 3 is 2.65 bits per heavy atom. The molecule has 2 aromatic rings. The van der Waals surface area contributed by atoms with E-state index in [0.29, 0.717) is 11.3 Å². The van der Waals surface area contributed by atoms with Crippen LogP contribution in [0.5, 0.6) is 5.75 Å². The van der Waals surface area contributed by atoms with Crippen LogP contribution >= 0.6 is 0 Å². The molecule has 0 saturated heterocycles. The van der Waals surface area contributed by atoms with Crippen LogP contribution in [0.4, 0.5) is 13.2 Å². The summed E-state index contributed by atoms with van der Waals surface area (Å²) in [5.41, 5.74) is 0.456. The molecular weight excluding hydrogens is 375 g/mol. The monoisotopic (exact) mass is 387 g/mol. The first-order valence-electron chi connectivity index (χ1n) is 6.84. The zero-order valence-corrected chi connectivity index (χ0v) is 14.3. The third-order valence-electron chi connectivity index (χ3n) is 3.38. The van der Waals surface area contributed by atoms with Gasteiger partial charge in [0.1, 0.15) is 17.1 Å². The molecule has 2 N–H and O–H groups in total. The number of halogens is 3. The highest BCUT2D eigenvalue weighted by Gasteiger charge is 2.49. The van der Waals surface area contributed by atoms with Gasteiger partial charge in [-0.2, -0.15) is 31.9 Å². The van der Waals surface area contributed by atoms with Crippen LogP contribution in [0.15, 0.2) is 29.7 Å². The number of pyridine rings is 1. The first-order valence-corrected chi connectivity index (χ1v) is 8.24. The average Bonchev–Trinajstić information content (AvgIpc) is 2.97.